The Kier molecular flexibility index (Phi) is 3.06. The fourth-order valence-electron chi connectivity index (χ4n) is 0.830. The highest BCUT2D eigenvalue weighted by Gasteiger charge is 2.07. The molecule has 1 rings (SSSR count). The topological polar surface area (TPSA) is 29.5 Å². The standard InChI is InChI=1S/C8H8Cl2O2/c1-12-7-4-5(8(9)10)2-3-6(7)11/h2-4,8,11H,1H3. The van der Waals surface area contributed by atoms with E-state index in [0.29, 0.717) is 11.3 Å². The quantitative estimate of drug-likeness (QED) is 0.755. The molecule has 66 valence electrons. The molecule has 4 heteroatoms. The number of halogens is 2. The molecule has 0 saturated heterocycles. The lowest BCUT2D eigenvalue weighted by Crippen LogP contribution is -1.87. The Hall–Kier alpha value is -0.600. The summed E-state index contributed by atoms with van der Waals surface area (Å²) in [4.78, 5) is -0.598. The zero-order chi connectivity index (χ0) is 9.14. The van der Waals surface area contributed by atoms with Crippen LogP contribution in [0.4, 0.5) is 0 Å². The van der Waals surface area contributed by atoms with Crippen molar-refractivity contribution in [3.8, 4) is 11.5 Å². The zero-order valence-electron chi connectivity index (χ0n) is 6.42. The molecule has 0 atom stereocenters. The number of alkyl halides is 2. The van der Waals surface area contributed by atoms with Gasteiger partial charge >= 0.3 is 0 Å². The first kappa shape index (κ1) is 9.49. The Bertz CT molecular complexity index is 274. The van der Waals surface area contributed by atoms with Crippen LogP contribution in [0, 0.1) is 0 Å². The minimum absolute atomic E-state index is 0.0789. The number of hydrogen-bond acceptors (Lipinski definition) is 2. The lowest BCUT2D eigenvalue weighted by Gasteiger charge is -2.06. The van der Waals surface area contributed by atoms with Crippen molar-refractivity contribution in [3.05, 3.63) is 23.8 Å². The fraction of sp³-hybridized carbons (Fsp3) is 0.250. The fourth-order valence-corrected chi connectivity index (χ4v) is 1.10. The summed E-state index contributed by atoms with van der Waals surface area (Å²) >= 11 is 11.2. The van der Waals surface area contributed by atoms with Gasteiger partial charge in [0.25, 0.3) is 0 Å². The van der Waals surface area contributed by atoms with Gasteiger partial charge in [-0.2, -0.15) is 0 Å². The number of ether oxygens (including phenoxy) is 1. The van der Waals surface area contributed by atoms with E-state index in [-0.39, 0.29) is 5.75 Å². The molecular weight excluding hydrogens is 199 g/mol. The number of hydrogen-bond donors (Lipinski definition) is 1. The van der Waals surface area contributed by atoms with E-state index in [2.05, 4.69) is 0 Å². The van der Waals surface area contributed by atoms with Crippen LogP contribution < -0.4 is 4.74 Å². The van der Waals surface area contributed by atoms with E-state index in [9.17, 15) is 5.11 Å². The van der Waals surface area contributed by atoms with Gasteiger partial charge in [-0.3, -0.25) is 0 Å². The van der Waals surface area contributed by atoms with E-state index in [4.69, 9.17) is 27.9 Å². The second kappa shape index (κ2) is 3.87. The normalized spacial score (nSPS) is 10.3. The van der Waals surface area contributed by atoms with E-state index in [1.54, 1.807) is 12.1 Å². The number of phenolic OH excluding ortho intramolecular Hbond substituents is 1. The zero-order valence-corrected chi connectivity index (χ0v) is 7.93. The van der Waals surface area contributed by atoms with Crippen molar-refractivity contribution in [2.24, 2.45) is 0 Å². The number of methoxy groups -OCH3 is 1. The third-order valence-electron chi connectivity index (χ3n) is 1.46. The molecule has 0 aliphatic heterocycles. The molecule has 1 aromatic carbocycles. The van der Waals surface area contributed by atoms with Gasteiger partial charge < -0.3 is 9.84 Å². The van der Waals surface area contributed by atoms with Crippen molar-refractivity contribution in [3.63, 3.8) is 0 Å². The molecule has 0 fully saturated rings. The van der Waals surface area contributed by atoms with E-state index < -0.39 is 4.84 Å². The SMILES string of the molecule is COc1cc(C(Cl)Cl)ccc1O. The highest BCUT2D eigenvalue weighted by Crippen LogP contribution is 2.32. The van der Waals surface area contributed by atoms with Crippen molar-refractivity contribution in [2.75, 3.05) is 7.11 Å². The molecule has 2 nitrogen and oxygen atoms in total. The number of rotatable bonds is 2. The summed E-state index contributed by atoms with van der Waals surface area (Å²) in [6.07, 6.45) is 0. The number of benzene rings is 1. The summed E-state index contributed by atoms with van der Waals surface area (Å²) in [6, 6.07) is 4.73. The van der Waals surface area contributed by atoms with Crippen molar-refractivity contribution in [1.82, 2.24) is 0 Å². The molecule has 0 amide bonds. The summed E-state index contributed by atoms with van der Waals surface area (Å²) < 4.78 is 4.87. The Morgan fingerprint density at radius 2 is 2.08 bits per heavy atom. The van der Waals surface area contributed by atoms with Crippen molar-refractivity contribution >= 4 is 23.2 Å². The molecule has 0 aliphatic rings. The second-order valence-electron chi connectivity index (χ2n) is 2.23. The molecular formula is C8H8Cl2O2. The van der Waals surface area contributed by atoms with E-state index >= 15 is 0 Å². The van der Waals surface area contributed by atoms with Crippen LogP contribution in [0.25, 0.3) is 0 Å². The highest BCUT2D eigenvalue weighted by molar-refractivity contribution is 6.44. The van der Waals surface area contributed by atoms with E-state index in [1.165, 1.54) is 13.2 Å². The minimum atomic E-state index is -0.598. The monoisotopic (exact) mass is 206 g/mol. The third kappa shape index (κ3) is 1.96. The van der Waals surface area contributed by atoms with Gasteiger partial charge in [0.05, 0.1) is 7.11 Å². The molecule has 1 aromatic rings. The Balaban J connectivity index is 3.05. The van der Waals surface area contributed by atoms with Crippen LogP contribution in [0.3, 0.4) is 0 Å². The number of phenols is 1. The van der Waals surface area contributed by atoms with Crippen LogP contribution >= 0.6 is 23.2 Å². The maximum atomic E-state index is 9.21. The first-order chi connectivity index (χ1) is 5.65. The van der Waals surface area contributed by atoms with Gasteiger partial charge in [0.2, 0.25) is 0 Å². The minimum Gasteiger partial charge on any atom is -0.504 e. The highest BCUT2D eigenvalue weighted by atomic mass is 35.5. The van der Waals surface area contributed by atoms with Crippen molar-refractivity contribution < 1.29 is 9.84 Å². The lowest BCUT2D eigenvalue weighted by atomic mass is 10.2. The van der Waals surface area contributed by atoms with Gasteiger partial charge in [-0.1, -0.05) is 6.07 Å². The van der Waals surface area contributed by atoms with Crippen LogP contribution in [0.2, 0.25) is 0 Å². The predicted molar refractivity (Wildman–Crippen MR) is 49.1 cm³/mol. The molecule has 0 aromatic heterocycles. The van der Waals surface area contributed by atoms with Crippen molar-refractivity contribution in [2.45, 2.75) is 4.84 Å². The molecule has 0 bridgehead atoms. The molecule has 12 heavy (non-hydrogen) atoms. The summed E-state index contributed by atoms with van der Waals surface area (Å²) in [7, 11) is 1.47. The predicted octanol–water partition coefficient (Wildman–Crippen LogP) is 2.88. The molecule has 0 saturated carbocycles. The number of aromatic hydroxyl groups is 1. The lowest BCUT2D eigenvalue weighted by molar-refractivity contribution is 0.373. The summed E-state index contributed by atoms with van der Waals surface area (Å²) in [5.41, 5.74) is 0.702. The smallest absolute Gasteiger partial charge is 0.160 e. The van der Waals surface area contributed by atoms with E-state index in [1.807, 2.05) is 0 Å². The van der Waals surface area contributed by atoms with Crippen LogP contribution in [0.5, 0.6) is 11.5 Å². The van der Waals surface area contributed by atoms with Gasteiger partial charge in [0.15, 0.2) is 11.5 Å². The molecule has 0 aliphatic carbocycles. The largest absolute Gasteiger partial charge is 0.504 e. The Labute approximate surface area is 80.7 Å². The molecule has 0 radical (unpaired) electrons. The van der Waals surface area contributed by atoms with Crippen molar-refractivity contribution in [1.29, 1.82) is 0 Å². The van der Waals surface area contributed by atoms with Gasteiger partial charge in [-0.05, 0) is 17.7 Å². The first-order valence-electron chi connectivity index (χ1n) is 3.30. The Morgan fingerprint density at radius 3 is 2.58 bits per heavy atom. The summed E-state index contributed by atoms with van der Waals surface area (Å²) in [5, 5.41) is 9.21. The Morgan fingerprint density at radius 1 is 1.42 bits per heavy atom. The molecule has 1 N–H and O–H groups in total. The average Bonchev–Trinajstić information content (AvgIpc) is 2.05. The van der Waals surface area contributed by atoms with Gasteiger partial charge in [-0.15, -0.1) is 23.2 Å². The average molecular weight is 207 g/mol. The molecule has 0 unspecified atom stereocenters. The summed E-state index contributed by atoms with van der Waals surface area (Å²) in [6.45, 7) is 0. The van der Waals surface area contributed by atoms with Gasteiger partial charge in [0, 0.05) is 0 Å². The maximum Gasteiger partial charge on any atom is 0.160 e. The van der Waals surface area contributed by atoms with Crippen LogP contribution in [-0.2, 0) is 0 Å². The third-order valence-corrected chi connectivity index (χ3v) is 1.96. The first-order valence-corrected chi connectivity index (χ1v) is 4.17. The van der Waals surface area contributed by atoms with Gasteiger partial charge in [-0.25, -0.2) is 0 Å². The maximum absolute atomic E-state index is 9.21. The second-order valence-corrected chi connectivity index (χ2v) is 3.33. The van der Waals surface area contributed by atoms with E-state index in [0.717, 1.165) is 0 Å². The summed E-state index contributed by atoms with van der Waals surface area (Å²) in [5.74, 6) is 0.453. The van der Waals surface area contributed by atoms with Crippen LogP contribution in [-0.4, -0.2) is 12.2 Å². The van der Waals surface area contributed by atoms with Crippen LogP contribution in [0.15, 0.2) is 18.2 Å². The molecule has 0 heterocycles. The van der Waals surface area contributed by atoms with Gasteiger partial charge in [0.1, 0.15) is 4.84 Å². The van der Waals surface area contributed by atoms with Crippen LogP contribution in [0.1, 0.15) is 10.4 Å². The molecule has 0 spiro atoms.